The third kappa shape index (κ3) is 2.83. The molecule has 0 saturated heterocycles. The van der Waals surface area contributed by atoms with Crippen molar-refractivity contribution in [1.82, 2.24) is 0 Å². The van der Waals surface area contributed by atoms with Crippen LogP contribution in [-0.4, -0.2) is 13.1 Å². The second kappa shape index (κ2) is 5.29. The Kier molecular flexibility index (Phi) is 3.99. The lowest BCUT2D eigenvalue weighted by molar-refractivity contribution is 0.742. The van der Waals surface area contributed by atoms with Crippen LogP contribution in [0, 0.1) is 5.92 Å². The van der Waals surface area contributed by atoms with Crippen LogP contribution in [0.4, 0.5) is 5.69 Å². The minimum absolute atomic E-state index is 0.523. The fourth-order valence-electron chi connectivity index (χ4n) is 1.90. The molecule has 0 atom stereocenters. The van der Waals surface area contributed by atoms with E-state index in [1.807, 2.05) is 6.07 Å². The summed E-state index contributed by atoms with van der Waals surface area (Å²) in [5, 5.41) is 0.820. The third-order valence-electron chi connectivity index (χ3n) is 3.06. The zero-order valence-corrected chi connectivity index (χ0v) is 11.1. The monoisotopic (exact) mass is 257 g/mol. The molecule has 0 amide bonds. The van der Waals surface area contributed by atoms with Crippen molar-refractivity contribution in [1.29, 1.82) is 0 Å². The van der Waals surface area contributed by atoms with Gasteiger partial charge in [0, 0.05) is 19.0 Å². The van der Waals surface area contributed by atoms with Gasteiger partial charge >= 0.3 is 0 Å². The summed E-state index contributed by atoms with van der Waals surface area (Å²) < 4.78 is 0. The molecule has 1 aromatic rings. The average molecular weight is 258 g/mol. The van der Waals surface area contributed by atoms with Gasteiger partial charge in [0.05, 0.1) is 10.7 Å². The predicted octanol–water partition coefficient (Wildman–Crippen LogP) is 4.32. The zero-order chi connectivity index (χ0) is 11.5. The molecule has 2 rings (SSSR count). The predicted molar refractivity (Wildman–Crippen MR) is 71.6 cm³/mol. The van der Waals surface area contributed by atoms with Crippen molar-refractivity contribution in [3.05, 3.63) is 28.8 Å². The van der Waals surface area contributed by atoms with E-state index >= 15 is 0 Å². The number of alkyl halides is 1. The molecule has 0 heterocycles. The molecular formula is C13H17Cl2N. The Morgan fingerprint density at radius 1 is 1.38 bits per heavy atom. The highest BCUT2D eigenvalue weighted by Gasteiger charge is 2.24. The molecule has 0 radical (unpaired) electrons. The SMILES string of the molecule is CCN(CC1CC1)c1ccc(CCl)cc1Cl. The van der Waals surface area contributed by atoms with Crippen molar-refractivity contribution >= 4 is 28.9 Å². The van der Waals surface area contributed by atoms with Crippen LogP contribution in [0.3, 0.4) is 0 Å². The first-order valence-electron chi connectivity index (χ1n) is 5.84. The molecule has 0 N–H and O–H groups in total. The van der Waals surface area contributed by atoms with Crippen LogP contribution in [0.5, 0.6) is 0 Å². The third-order valence-corrected chi connectivity index (χ3v) is 3.68. The van der Waals surface area contributed by atoms with E-state index in [1.54, 1.807) is 0 Å². The van der Waals surface area contributed by atoms with E-state index in [1.165, 1.54) is 12.8 Å². The molecule has 1 aliphatic carbocycles. The molecule has 3 heteroatoms. The molecule has 1 aromatic carbocycles. The summed E-state index contributed by atoms with van der Waals surface area (Å²) in [6.45, 7) is 4.32. The van der Waals surface area contributed by atoms with E-state index in [-0.39, 0.29) is 0 Å². The van der Waals surface area contributed by atoms with Gasteiger partial charge in [0.1, 0.15) is 0 Å². The summed E-state index contributed by atoms with van der Waals surface area (Å²) in [4.78, 5) is 2.36. The van der Waals surface area contributed by atoms with Gasteiger partial charge in [-0.15, -0.1) is 11.6 Å². The summed E-state index contributed by atoms with van der Waals surface area (Å²) in [7, 11) is 0. The summed E-state index contributed by atoms with van der Waals surface area (Å²) >= 11 is 12.1. The van der Waals surface area contributed by atoms with Crippen LogP contribution in [0.15, 0.2) is 18.2 Å². The van der Waals surface area contributed by atoms with E-state index in [9.17, 15) is 0 Å². The zero-order valence-electron chi connectivity index (χ0n) is 9.55. The van der Waals surface area contributed by atoms with Crippen LogP contribution in [0.25, 0.3) is 0 Å². The number of anilines is 1. The van der Waals surface area contributed by atoms with Crippen molar-refractivity contribution in [3.63, 3.8) is 0 Å². The molecule has 0 aliphatic heterocycles. The van der Waals surface area contributed by atoms with Gasteiger partial charge < -0.3 is 4.90 Å². The molecule has 1 fully saturated rings. The van der Waals surface area contributed by atoms with Crippen LogP contribution in [0.1, 0.15) is 25.3 Å². The lowest BCUT2D eigenvalue weighted by atomic mass is 10.2. The van der Waals surface area contributed by atoms with Crippen molar-refractivity contribution in [2.75, 3.05) is 18.0 Å². The van der Waals surface area contributed by atoms with Crippen molar-refractivity contribution < 1.29 is 0 Å². The molecule has 1 saturated carbocycles. The molecule has 1 nitrogen and oxygen atoms in total. The Labute approximate surface area is 107 Å². The minimum Gasteiger partial charge on any atom is -0.370 e. The van der Waals surface area contributed by atoms with Crippen LogP contribution >= 0.6 is 23.2 Å². The Morgan fingerprint density at radius 3 is 2.62 bits per heavy atom. The van der Waals surface area contributed by atoms with Crippen LogP contribution in [-0.2, 0) is 5.88 Å². The Morgan fingerprint density at radius 2 is 2.12 bits per heavy atom. The van der Waals surface area contributed by atoms with Gasteiger partial charge in [0.2, 0.25) is 0 Å². The normalized spacial score (nSPS) is 15.2. The quantitative estimate of drug-likeness (QED) is 0.711. The fourth-order valence-corrected chi connectivity index (χ4v) is 2.39. The summed E-state index contributed by atoms with van der Waals surface area (Å²) in [5.41, 5.74) is 2.22. The maximum atomic E-state index is 6.29. The Balaban J connectivity index is 2.15. The lowest BCUT2D eigenvalue weighted by Crippen LogP contribution is -2.25. The highest BCUT2D eigenvalue weighted by Crippen LogP contribution is 2.34. The molecule has 0 bridgehead atoms. The highest BCUT2D eigenvalue weighted by atomic mass is 35.5. The van der Waals surface area contributed by atoms with E-state index in [0.29, 0.717) is 5.88 Å². The topological polar surface area (TPSA) is 3.24 Å². The number of benzene rings is 1. The van der Waals surface area contributed by atoms with Crippen molar-refractivity contribution in [2.24, 2.45) is 5.92 Å². The minimum atomic E-state index is 0.523. The number of rotatable bonds is 5. The number of hydrogen-bond acceptors (Lipinski definition) is 1. The smallest absolute Gasteiger partial charge is 0.0642 e. The van der Waals surface area contributed by atoms with E-state index in [0.717, 1.165) is 35.3 Å². The van der Waals surface area contributed by atoms with Crippen molar-refractivity contribution in [3.8, 4) is 0 Å². The second-order valence-electron chi connectivity index (χ2n) is 4.40. The van der Waals surface area contributed by atoms with Gasteiger partial charge in [0.25, 0.3) is 0 Å². The summed E-state index contributed by atoms with van der Waals surface area (Å²) in [6, 6.07) is 6.12. The molecule has 0 unspecified atom stereocenters. The standard InChI is InChI=1S/C13H17Cl2N/c1-2-16(9-10-3-4-10)13-6-5-11(8-14)7-12(13)15/h5-7,10H,2-4,8-9H2,1H3. The summed E-state index contributed by atoms with van der Waals surface area (Å²) in [6.07, 6.45) is 2.74. The van der Waals surface area contributed by atoms with Crippen LogP contribution < -0.4 is 4.90 Å². The number of nitrogens with zero attached hydrogens (tertiary/aromatic N) is 1. The summed E-state index contributed by atoms with van der Waals surface area (Å²) in [5.74, 6) is 1.40. The molecule has 1 aliphatic rings. The second-order valence-corrected chi connectivity index (χ2v) is 5.08. The number of halogens is 2. The van der Waals surface area contributed by atoms with Crippen molar-refractivity contribution in [2.45, 2.75) is 25.6 Å². The number of hydrogen-bond donors (Lipinski definition) is 0. The first kappa shape index (κ1) is 12.1. The lowest BCUT2D eigenvalue weighted by Gasteiger charge is -2.24. The van der Waals surface area contributed by atoms with Gasteiger partial charge in [-0.3, -0.25) is 0 Å². The molecule has 0 spiro atoms. The molecule has 88 valence electrons. The molecular weight excluding hydrogens is 241 g/mol. The van der Waals surface area contributed by atoms with E-state index in [2.05, 4.69) is 24.0 Å². The van der Waals surface area contributed by atoms with Gasteiger partial charge in [-0.2, -0.15) is 0 Å². The van der Waals surface area contributed by atoms with E-state index in [4.69, 9.17) is 23.2 Å². The molecule has 16 heavy (non-hydrogen) atoms. The van der Waals surface area contributed by atoms with Gasteiger partial charge in [0.15, 0.2) is 0 Å². The fraction of sp³-hybridized carbons (Fsp3) is 0.538. The first-order valence-corrected chi connectivity index (χ1v) is 6.75. The Bertz CT molecular complexity index is 361. The maximum absolute atomic E-state index is 6.29. The van der Waals surface area contributed by atoms with Crippen LogP contribution in [0.2, 0.25) is 5.02 Å². The first-order chi connectivity index (χ1) is 7.74. The Hall–Kier alpha value is -0.400. The van der Waals surface area contributed by atoms with Gasteiger partial charge in [-0.1, -0.05) is 17.7 Å². The van der Waals surface area contributed by atoms with Gasteiger partial charge in [-0.25, -0.2) is 0 Å². The molecule has 0 aromatic heterocycles. The van der Waals surface area contributed by atoms with E-state index < -0.39 is 0 Å². The largest absolute Gasteiger partial charge is 0.370 e. The average Bonchev–Trinajstić information content (AvgIpc) is 3.10. The maximum Gasteiger partial charge on any atom is 0.0642 e. The highest BCUT2D eigenvalue weighted by molar-refractivity contribution is 6.33. The van der Waals surface area contributed by atoms with Gasteiger partial charge in [-0.05, 0) is 43.4 Å².